The number of aromatic nitrogens is 2. The highest BCUT2D eigenvalue weighted by Crippen LogP contribution is 2.25. The van der Waals surface area contributed by atoms with Crippen molar-refractivity contribution in [2.45, 2.75) is 27.4 Å². The van der Waals surface area contributed by atoms with E-state index >= 15 is 0 Å². The Morgan fingerprint density at radius 3 is 2.68 bits per heavy atom. The SMILES string of the molecule is Cc1ccc(-n2c(C)cc(C(=O)OCc3coc(-c4cccs4)n3)c2C)cc1. The molecule has 3 heterocycles. The van der Waals surface area contributed by atoms with Gasteiger partial charge < -0.3 is 13.7 Å². The lowest BCUT2D eigenvalue weighted by molar-refractivity contribution is 0.0467. The fraction of sp³-hybridized carbons (Fsp3) is 0.182. The van der Waals surface area contributed by atoms with Gasteiger partial charge in [-0.05, 0) is 50.4 Å². The Balaban J connectivity index is 1.50. The van der Waals surface area contributed by atoms with Gasteiger partial charge in [0.05, 0.1) is 10.4 Å². The van der Waals surface area contributed by atoms with Gasteiger partial charge in [0.15, 0.2) is 0 Å². The maximum Gasteiger partial charge on any atom is 0.340 e. The van der Waals surface area contributed by atoms with E-state index in [9.17, 15) is 4.79 Å². The molecule has 0 aliphatic rings. The average Bonchev–Trinajstić information content (AvgIpc) is 3.41. The van der Waals surface area contributed by atoms with E-state index in [1.165, 1.54) is 11.8 Å². The highest BCUT2D eigenvalue weighted by molar-refractivity contribution is 7.13. The van der Waals surface area contributed by atoms with Crippen LogP contribution in [0.4, 0.5) is 0 Å². The zero-order valence-corrected chi connectivity index (χ0v) is 16.7. The maximum absolute atomic E-state index is 12.6. The van der Waals surface area contributed by atoms with E-state index in [-0.39, 0.29) is 12.6 Å². The van der Waals surface area contributed by atoms with Gasteiger partial charge in [0, 0.05) is 17.1 Å². The van der Waals surface area contributed by atoms with Crippen LogP contribution in [0.25, 0.3) is 16.5 Å². The molecule has 0 bridgehead atoms. The lowest BCUT2D eigenvalue weighted by atomic mass is 10.2. The lowest BCUT2D eigenvalue weighted by Gasteiger charge is -2.10. The molecule has 4 rings (SSSR count). The van der Waals surface area contributed by atoms with Gasteiger partial charge in [-0.15, -0.1) is 11.3 Å². The standard InChI is InChI=1S/C22H20N2O3S/c1-14-6-8-18(9-7-14)24-15(2)11-19(16(24)3)22(25)27-13-17-12-26-21(23-17)20-5-4-10-28-20/h4-12H,13H2,1-3H3. The first-order valence-corrected chi connectivity index (χ1v) is 9.82. The van der Waals surface area contributed by atoms with Gasteiger partial charge in [0.25, 0.3) is 0 Å². The topological polar surface area (TPSA) is 57.3 Å². The van der Waals surface area contributed by atoms with E-state index in [2.05, 4.69) is 28.6 Å². The molecule has 0 aliphatic carbocycles. The number of hydrogen-bond acceptors (Lipinski definition) is 5. The molecule has 0 fully saturated rings. The van der Waals surface area contributed by atoms with Crippen molar-refractivity contribution in [2.75, 3.05) is 0 Å². The number of esters is 1. The minimum Gasteiger partial charge on any atom is -0.455 e. The number of ether oxygens (including phenoxy) is 1. The number of carbonyl (C=O) groups excluding carboxylic acids is 1. The molecule has 0 saturated heterocycles. The third-order valence-corrected chi connectivity index (χ3v) is 5.44. The van der Waals surface area contributed by atoms with Crippen molar-refractivity contribution < 1.29 is 13.9 Å². The highest BCUT2D eigenvalue weighted by atomic mass is 32.1. The van der Waals surface area contributed by atoms with Gasteiger partial charge in [-0.1, -0.05) is 23.8 Å². The van der Waals surface area contributed by atoms with Crippen LogP contribution >= 0.6 is 11.3 Å². The summed E-state index contributed by atoms with van der Waals surface area (Å²) in [7, 11) is 0. The number of benzene rings is 1. The van der Waals surface area contributed by atoms with Gasteiger partial charge in [-0.2, -0.15) is 0 Å². The summed E-state index contributed by atoms with van der Waals surface area (Å²) in [5.74, 6) is 0.172. The first-order valence-electron chi connectivity index (χ1n) is 8.94. The molecule has 0 unspecified atom stereocenters. The van der Waals surface area contributed by atoms with Crippen molar-refractivity contribution >= 4 is 17.3 Å². The molecule has 142 valence electrons. The van der Waals surface area contributed by atoms with Crippen molar-refractivity contribution in [3.05, 3.63) is 82.3 Å². The number of carbonyl (C=O) groups is 1. The van der Waals surface area contributed by atoms with Crippen LogP contribution in [0.15, 0.2) is 58.5 Å². The third-order valence-electron chi connectivity index (χ3n) is 4.58. The van der Waals surface area contributed by atoms with Crippen LogP contribution in [0, 0.1) is 20.8 Å². The molecule has 1 aromatic carbocycles. The Morgan fingerprint density at radius 2 is 1.96 bits per heavy atom. The van der Waals surface area contributed by atoms with Crippen molar-refractivity contribution in [1.82, 2.24) is 9.55 Å². The molecule has 5 nitrogen and oxygen atoms in total. The number of oxazole rings is 1. The van der Waals surface area contributed by atoms with E-state index < -0.39 is 0 Å². The van der Waals surface area contributed by atoms with Crippen molar-refractivity contribution in [2.24, 2.45) is 0 Å². The van der Waals surface area contributed by atoms with E-state index in [4.69, 9.17) is 9.15 Å². The molecule has 3 aromatic heterocycles. The van der Waals surface area contributed by atoms with E-state index in [1.54, 1.807) is 11.3 Å². The van der Waals surface area contributed by atoms with Crippen LogP contribution in [-0.4, -0.2) is 15.5 Å². The van der Waals surface area contributed by atoms with Gasteiger partial charge in [0.2, 0.25) is 5.89 Å². The third kappa shape index (κ3) is 3.51. The molecule has 0 amide bonds. The first kappa shape index (κ1) is 18.3. The molecule has 6 heteroatoms. The number of hydrogen-bond donors (Lipinski definition) is 0. The van der Waals surface area contributed by atoms with Crippen LogP contribution in [-0.2, 0) is 11.3 Å². The van der Waals surface area contributed by atoms with Crippen molar-refractivity contribution in [1.29, 1.82) is 0 Å². The van der Waals surface area contributed by atoms with Crippen molar-refractivity contribution in [3.8, 4) is 16.5 Å². The average molecular weight is 392 g/mol. The van der Waals surface area contributed by atoms with E-state index in [0.717, 1.165) is 22.0 Å². The molecule has 0 N–H and O–H groups in total. The van der Waals surface area contributed by atoms with Gasteiger partial charge in [-0.25, -0.2) is 9.78 Å². The number of nitrogens with zero attached hydrogens (tertiary/aromatic N) is 2. The zero-order chi connectivity index (χ0) is 19.7. The first-order chi connectivity index (χ1) is 13.5. The Kier molecular flexibility index (Phi) is 4.88. The molecular weight excluding hydrogens is 372 g/mol. The van der Waals surface area contributed by atoms with Gasteiger partial charge in [0.1, 0.15) is 18.6 Å². The summed E-state index contributed by atoms with van der Waals surface area (Å²) in [5, 5.41) is 1.96. The van der Waals surface area contributed by atoms with Crippen LogP contribution < -0.4 is 0 Å². The largest absolute Gasteiger partial charge is 0.455 e. The van der Waals surface area contributed by atoms with Gasteiger partial charge in [-0.3, -0.25) is 0 Å². The number of rotatable bonds is 5. The predicted molar refractivity (Wildman–Crippen MR) is 109 cm³/mol. The number of aryl methyl sites for hydroxylation is 2. The Labute approximate surface area is 167 Å². The quantitative estimate of drug-likeness (QED) is 0.422. The minimum atomic E-state index is -0.368. The summed E-state index contributed by atoms with van der Waals surface area (Å²) >= 11 is 1.55. The van der Waals surface area contributed by atoms with Crippen LogP contribution in [0.5, 0.6) is 0 Å². The summed E-state index contributed by atoms with van der Waals surface area (Å²) in [5.41, 5.74) is 5.20. The predicted octanol–water partition coefficient (Wildman–Crippen LogP) is 5.48. The molecular formula is C22H20N2O3S. The molecule has 0 saturated carbocycles. The van der Waals surface area contributed by atoms with Crippen molar-refractivity contribution in [3.63, 3.8) is 0 Å². The van der Waals surface area contributed by atoms with E-state index in [1.807, 2.05) is 49.6 Å². The molecule has 28 heavy (non-hydrogen) atoms. The molecule has 4 aromatic rings. The molecule has 0 aliphatic heterocycles. The second-order valence-corrected chi connectivity index (χ2v) is 7.60. The summed E-state index contributed by atoms with van der Waals surface area (Å²) in [6, 6.07) is 13.9. The Bertz CT molecular complexity index is 1110. The van der Waals surface area contributed by atoms with E-state index in [0.29, 0.717) is 17.1 Å². The second-order valence-electron chi connectivity index (χ2n) is 6.65. The highest BCUT2D eigenvalue weighted by Gasteiger charge is 2.18. The molecule has 0 atom stereocenters. The fourth-order valence-electron chi connectivity index (χ4n) is 3.16. The Hall–Kier alpha value is -3.12. The smallest absolute Gasteiger partial charge is 0.340 e. The summed E-state index contributed by atoms with van der Waals surface area (Å²) in [6.45, 7) is 6.03. The Morgan fingerprint density at radius 1 is 1.18 bits per heavy atom. The summed E-state index contributed by atoms with van der Waals surface area (Å²) in [6.07, 6.45) is 1.53. The molecule has 0 spiro atoms. The lowest BCUT2D eigenvalue weighted by Crippen LogP contribution is -2.07. The monoisotopic (exact) mass is 392 g/mol. The zero-order valence-electron chi connectivity index (χ0n) is 15.9. The van der Waals surface area contributed by atoms with Crippen LogP contribution in [0.3, 0.4) is 0 Å². The molecule has 0 radical (unpaired) electrons. The second kappa shape index (κ2) is 7.48. The van der Waals surface area contributed by atoms with Crippen LogP contribution in [0.2, 0.25) is 0 Å². The normalized spacial score (nSPS) is 11.0. The summed E-state index contributed by atoms with van der Waals surface area (Å²) < 4.78 is 13.0. The van der Waals surface area contributed by atoms with Gasteiger partial charge >= 0.3 is 5.97 Å². The maximum atomic E-state index is 12.6. The fourth-order valence-corrected chi connectivity index (χ4v) is 3.82. The van der Waals surface area contributed by atoms with Crippen LogP contribution in [0.1, 0.15) is 33.0 Å². The summed E-state index contributed by atoms with van der Waals surface area (Å²) in [4.78, 5) is 18.0. The minimum absolute atomic E-state index is 0.0713. The number of thiophene rings is 1.